The molecule has 0 aromatic carbocycles. The highest BCUT2D eigenvalue weighted by molar-refractivity contribution is 6.03. The van der Waals surface area contributed by atoms with E-state index in [1.807, 2.05) is 38.2 Å². The number of nitrogens with two attached hydrogens (primary N) is 1. The maximum Gasteiger partial charge on any atom is 0.0638 e. The van der Waals surface area contributed by atoms with E-state index in [-0.39, 0.29) is 0 Å². The molecule has 15 heavy (non-hydrogen) atoms. The number of rotatable bonds is 5. The third-order valence-corrected chi connectivity index (χ3v) is 1.56. The monoisotopic (exact) mass is 202 g/mol. The third kappa shape index (κ3) is 7.26. The molecule has 2 nitrogen and oxygen atoms in total. The Labute approximate surface area is 91.9 Å². The first kappa shape index (κ1) is 13.2. The summed E-state index contributed by atoms with van der Waals surface area (Å²) >= 11 is 0. The highest BCUT2D eigenvalue weighted by Gasteiger charge is 1.83. The molecule has 0 saturated carbocycles. The second-order valence-electron chi connectivity index (χ2n) is 2.88. The maximum atomic E-state index is 5.26. The van der Waals surface area contributed by atoms with Crippen LogP contribution in [0.5, 0.6) is 0 Å². The molecule has 0 spiro atoms. The molecule has 0 aromatic heterocycles. The van der Waals surface area contributed by atoms with Gasteiger partial charge in [-0.2, -0.15) is 0 Å². The summed E-state index contributed by atoms with van der Waals surface area (Å²) in [5.74, 6) is 0. The molecule has 0 heterocycles. The number of hydrogen-bond donors (Lipinski definition) is 1. The molecule has 0 radical (unpaired) electrons. The molecule has 80 valence electrons. The zero-order chi connectivity index (χ0) is 11.5. The second-order valence-corrected chi connectivity index (χ2v) is 2.88. The average Bonchev–Trinajstić information content (AvgIpc) is 2.24. The van der Waals surface area contributed by atoms with Crippen LogP contribution < -0.4 is 5.73 Å². The number of aliphatic imine (C=N–C) groups is 1. The van der Waals surface area contributed by atoms with Crippen molar-refractivity contribution >= 4 is 5.71 Å². The van der Waals surface area contributed by atoms with Gasteiger partial charge in [0.1, 0.15) is 0 Å². The fraction of sp³-hybridized carbons (Fsp3) is 0.154. The fourth-order valence-electron chi connectivity index (χ4n) is 0.800. The molecular formula is C13H18N2. The van der Waals surface area contributed by atoms with E-state index in [9.17, 15) is 0 Å². The van der Waals surface area contributed by atoms with E-state index in [2.05, 4.69) is 11.6 Å². The summed E-state index contributed by atoms with van der Waals surface area (Å²) < 4.78 is 0. The number of nitrogens with zero attached hydrogens (tertiary/aromatic N) is 1. The summed E-state index contributed by atoms with van der Waals surface area (Å²) in [5.41, 5.74) is 7.07. The molecule has 0 aromatic rings. The van der Waals surface area contributed by atoms with Gasteiger partial charge in [0.25, 0.3) is 0 Å². The van der Waals surface area contributed by atoms with Crippen molar-refractivity contribution in [3.05, 3.63) is 61.0 Å². The first-order chi connectivity index (χ1) is 7.24. The van der Waals surface area contributed by atoms with Gasteiger partial charge in [-0.1, -0.05) is 30.9 Å². The topological polar surface area (TPSA) is 38.4 Å². The van der Waals surface area contributed by atoms with E-state index >= 15 is 0 Å². The SMILES string of the molecule is C=CC(C=CN)=N/C=C(C)/C=C\C=C/C. The maximum absolute atomic E-state index is 5.26. The van der Waals surface area contributed by atoms with Crippen LogP contribution in [0, 0.1) is 0 Å². The van der Waals surface area contributed by atoms with Crippen molar-refractivity contribution in [3.63, 3.8) is 0 Å². The van der Waals surface area contributed by atoms with E-state index < -0.39 is 0 Å². The largest absolute Gasteiger partial charge is 0.405 e. The van der Waals surface area contributed by atoms with Gasteiger partial charge < -0.3 is 5.73 Å². The van der Waals surface area contributed by atoms with E-state index in [1.165, 1.54) is 6.20 Å². The molecule has 0 fully saturated rings. The van der Waals surface area contributed by atoms with Crippen LogP contribution in [0.15, 0.2) is 66.0 Å². The summed E-state index contributed by atoms with van der Waals surface area (Å²) in [5, 5.41) is 0. The Morgan fingerprint density at radius 1 is 1.27 bits per heavy atom. The van der Waals surface area contributed by atoms with Crippen LogP contribution in [0.2, 0.25) is 0 Å². The molecule has 0 aliphatic heterocycles. The lowest BCUT2D eigenvalue weighted by Gasteiger charge is -1.90. The molecule has 2 N–H and O–H groups in total. The predicted octanol–water partition coefficient (Wildman–Crippen LogP) is 3.12. The normalized spacial score (nSPS) is 14.5. The van der Waals surface area contributed by atoms with E-state index in [0.29, 0.717) is 0 Å². The lowest BCUT2D eigenvalue weighted by Crippen LogP contribution is -1.88. The van der Waals surface area contributed by atoms with Crippen molar-refractivity contribution in [2.75, 3.05) is 0 Å². The number of hydrogen-bond acceptors (Lipinski definition) is 2. The van der Waals surface area contributed by atoms with Gasteiger partial charge in [-0.15, -0.1) is 0 Å². The van der Waals surface area contributed by atoms with Gasteiger partial charge in [0.2, 0.25) is 0 Å². The Morgan fingerprint density at radius 3 is 2.53 bits per heavy atom. The molecule has 0 unspecified atom stereocenters. The molecule has 0 saturated heterocycles. The Hall–Kier alpha value is -1.83. The minimum Gasteiger partial charge on any atom is -0.405 e. The summed E-state index contributed by atoms with van der Waals surface area (Å²) in [6.45, 7) is 7.60. The zero-order valence-electron chi connectivity index (χ0n) is 9.35. The highest BCUT2D eigenvalue weighted by Crippen LogP contribution is 1.97. The third-order valence-electron chi connectivity index (χ3n) is 1.56. The molecule has 0 bridgehead atoms. The Kier molecular flexibility index (Phi) is 7.69. The minimum atomic E-state index is 0.747. The smallest absolute Gasteiger partial charge is 0.0638 e. The zero-order valence-corrected chi connectivity index (χ0v) is 9.35. The molecule has 2 heteroatoms. The van der Waals surface area contributed by atoms with Crippen molar-refractivity contribution in [1.29, 1.82) is 0 Å². The fourth-order valence-corrected chi connectivity index (χ4v) is 0.800. The lowest BCUT2D eigenvalue weighted by atomic mass is 10.3. The number of allylic oxidation sites excluding steroid dienone is 7. The molecule has 0 atom stereocenters. The van der Waals surface area contributed by atoms with Crippen LogP contribution in [0.4, 0.5) is 0 Å². The minimum absolute atomic E-state index is 0.747. The van der Waals surface area contributed by atoms with Crippen LogP contribution in [0.1, 0.15) is 13.8 Å². The lowest BCUT2D eigenvalue weighted by molar-refractivity contribution is 1.42. The van der Waals surface area contributed by atoms with Crippen molar-refractivity contribution in [2.24, 2.45) is 10.7 Å². The van der Waals surface area contributed by atoms with Gasteiger partial charge in [-0.3, -0.25) is 4.99 Å². The van der Waals surface area contributed by atoms with Gasteiger partial charge >= 0.3 is 0 Å². The van der Waals surface area contributed by atoms with Gasteiger partial charge in [0, 0.05) is 6.20 Å². The van der Waals surface area contributed by atoms with Gasteiger partial charge in [-0.05, 0) is 37.8 Å². The van der Waals surface area contributed by atoms with E-state index in [1.54, 1.807) is 18.4 Å². The van der Waals surface area contributed by atoms with E-state index in [0.717, 1.165) is 11.3 Å². The van der Waals surface area contributed by atoms with E-state index in [4.69, 9.17) is 5.73 Å². The molecular weight excluding hydrogens is 184 g/mol. The van der Waals surface area contributed by atoms with Crippen molar-refractivity contribution in [2.45, 2.75) is 13.8 Å². The van der Waals surface area contributed by atoms with Crippen molar-refractivity contribution in [3.8, 4) is 0 Å². The molecule has 0 rings (SSSR count). The summed E-state index contributed by atoms with van der Waals surface area (Å²) in [6.07, 6.45) is 14.5. The second kappa shape index (κ2) is 8.75. The Balaban J connectivity index is 4.53. The van der Waals surface area contributed by atoms with Crippen LogP contribution in [-0.2, 0) is 0 Å². The highest BCUT2D eigenvalue weighted by atomic mass is 14.7. The quantitative estimate of drug-likeness (QED) is 0.540. The molecule has 0 aliphatic carbocycles. The standard InChI is InChI=1S/C13H18N2/c1-4-6-7-8-12(3)11-15-13(5-2)9-10-14/h4-11H,2,14H2,1,3H3/b6-4-,8-7-,10-9?,12-11+,15-13?. The predicted molar refractivity (Wildman–Crippen MR) is 68.7 cm³/mol. The van der Waals surface area contributed by atoms with Crippen molar-refractivity contribution < 1.29 is 0 Å². The van der Waals surface area contributed by atoms with Gasteiger partial charge in [0.05, 0.1) is 5.71 Å². The van der Waals surface area contributed by atoms with Crippen LogP contribution in [0.3, 0.4) is 0 Å². The van der Waals surface area contributed by atoms with Crippen LogP contribution in [0.25, 0.3) is 0 Å². The summed E-state index contributed by atoms with van der Waals surface area (Å²) in [7, 11) is 0. The molecule has 0 aliphatic rings. The first-order valence-electron chi connectivity index (χ1n) is 4.79. The summed E-state index contributed by atoms with van der Waals surface area (Å²) in [6, 6.07) is 0. The van der Waals surface area contributed by atoms with Crippen molar-refractivity contribution in [1.82, 2.24) is 0 Å². The Morgan fingerprint density at radius 2 is 2.00 bits per heavy atom. The van der Waals surface area contributed by atoms with Crippen LogP contribution in [-0.4, -0.2) is 5.71 Å². The van der Waals surface area contributed by atoms with Gasteiger partial charge in [0.15, 0.2) is 0 Å². The van der Waals surface area contributed by atoms with Gasteiger partial charge in [-0.25, -0.2) is 0 Å². The average molecular weight is 202 g/mol. The molecule has 0 amide bonds. The van der Waals surface area contributed by atoms with Crippen LogP contribution >= 0.6 is 0 Å². The first-order valence-corrected chi connectivity index (χ1v) is 4.79. The Bertz CT molecular complexity index is 328. The summed E-state index contributed by atoms with van der Waals surface area (Å²) in [4.78, 5) is 4.21.